The van der Waals surface area contributed by atoms with Crippen LogP contribution >= 0.6 is 11.3 Å². The van der Waals surface area contributed by atoms with Gasteiger partial charge in [0.25, 0.3) is 0 Å². The Morgan fingerprint density at radius 3 is 2.80 bits per heavy atom. The molecule has 0 fully saturated rings. The molecular weight excluding hydrogens is 214 g/mol. The van der Waals surface area contributed by atoms with Crippen LogP contribution in [0.4, 0.5) is 0 Å². The van der Waals surface area contributed by atoms with Gasteiger partial charge in [-0.25, -0.2) is 9.78 Å². The van der Waals surface area contributed by atoms with Crippen molar-refractivity contribution in [3.63, 3.8) is 0 Å². The summed E-state index contributed by atoms with van der Waals surface area (Å²) in [6.45, 7) is 3.85. The Balaban J connectivity index is 2.54. The van der Waals surface area contributed by atoms with Crippen molar-refractivity contribution in [2.24, 2.45) is 0 Å². The first-order chi connectivity index (χ1) is 7.09. The fourth-order valence-corrected chi connectivity index (χ4v) is 2.13. The molecular formula is C9H9N3O2S. The highest BCUT2D eigenvalue weighted by atomic mass is 32.1. The highest BCUT2D eigenvalue weighted by Crippen LogP contribution is 2.28. The third-order valence-corrected chi connectivity index (χ3v) is 3.22. The normalized spacial score (nSPS) is 10.5. The molecule has 2 rings (SSSR count). The third-order valence-electron chi connectivity index (χ3n) is 2.11. The van der Waals surface area contributed by atoms with Crippen LogP contribution in [-0.4, -0.2) is 26.3 Å². The van der Waals surface area contributed by atoms with E-state index in [9.17, 15) is 4.79 Å². The molecule has 0 radical (unpaired) electrons. The average molecular weight is 223 g/mol. The van der Waals surface area contributed by atoms with Gasteiger partial charge in [0, 0.05) is 4.88 Å². The van der Waals surface area contributed by atoms with Gasteiger partial charge < -0.3 is 5.11 Å². The van der Waals surface area contributed by atoms with Crippen LogP contribution in [0.5, 0.6) is 0 Å². The molecule has 2 heterocycles. The van der Waals surface area contributed by atoms with Gasteiger partial charge in [-0.1, -0.05) is 0 Å². The number of hydrogen-bond acceptors (Lipinski definition) is 4. The molecule has 2 aromatic heterocycles. The number of nitrogens with one attached hydrogen (secondary N) is 1. The largest absolute Gasteiger partial charge is 0.477 e. The van der Waals surface area contributed by atoms with Gasteiger partial charge in [0.2, 0.25) is 0 Å². The zero-order valence-electron chi connectivity index (χ0n) is 8.24. The number of nitrogens with zero attached hydrogens (tertiary/aromatic N) is 2. The zero-order valence-corrected chi connectivity index (χ0v) is 9.05. The molecule has 78 valence electrons. The number of aromatic carboxylic acids is 1. The topological polar surface area (TPSA) is 78.9 Å². The molecule has 15 heavy (non-hydrogen) atoms. The lowest BCUT2D eigenvalue weighted by Crippen LogP contribution is -1.98. The smallest absolute Gasteiger partial charge is 0.354 e. The summed E-state index contributed by atoms with van der Waals surface area (Å²) in [6, 6.07) is 0. The van der Waals surface area contributed by atoms with Gasteiger partial charge in [0.15, 0.2) is 5.69 Å². The van der Waals surface area contributed by atoms with Crippen LogP contribution in [0.3, 0.4) is 0 Å². The summed E-state index contributed by atoms with van der Waals surface area (Å²) in [7, 11) is 0. The van der Waals surface area contributed by atoms with Gasteiger partial charge >= 0.3 is 5.97 Å². The summed E-state index contributed by atoms with van der Waals surface area (Å²) in [5.41, 5.74) is 1.56. The van der Waals surface area contributed by atoms with E-state index in [4.69, 9.17) is 5.11 Å². The highest BCUT2D eigenvalue weighted by Gasteiger charge is 2.17. The SMILES string of the molecule is Cc1nc(-c2cn[nH]c2C(=O)O)sc1C. The summed E-state index contributed by atoms with van der Waals surface area (Å²) in [6.07, 6.45) is 1.49. The number of aromatic nitrogens is 3. The van der Waals surface area contributed by atoms with E-state index < -0.39 is 5.97 Å². The summed E-state index contributed by atoms with van der Waals surface area (Å²) in [5.74, 6) is -1.02. The molecule has 0 saturated carbocycles. The quantitative estimate of drug-likeness (QED) is 0.814. The second-order valence-corrected chi connectivity index (χ2v) is 4.33. The monoisotopic (exact) mass is 223 g/mol. The number of thiazole rings is 1. The number of H-pyrrole nitrogens is 1. The van der Waals surface area contributed by atoms with Crippen molar-refractivity contribution < 1.29 is 9.90 Å². The molecule has 0 aliphatic carbocycles. The van der Waals surface area contributed by atoms with Crippen LogP contribution in [0.1, 0.15) is 21.1 Å². The Morgan fingerprint density at radius 2 is 2.27 bits per heavy atom. The van der Waals surface area contributed by atoms with Crippen molar-refractivity contribution in [2.75, 3.05) is 0 Å². The predicted molar refractivity (Wildman–Crippen MR) is 56.1 cm³/mol. The number of carboxylic acid groups (broad SMARTS) is 1. The molecule has 5 nitrogen and oxygen atoms in total. The molecule has 0 atom stereocenters. The average Bonchev–Trinajstić information content (AvgIpc) is 2.73. The standard InChI is InChI=1S/C9H9N3O2S/c1-4-5(2)15-8(11-4)6-3-10-12-7(6)9(13)14/h3H,1-2H3,(H,10,12)(H,13,14). The summed E-state index contributed by atoms with van der Waals surface area (Å²) >= 11 is 1.47. The molecule has 0 aliphatic heterocycles. The van der Waals surface area contributed by atoms with Gasteiger partial charge in [-0.15, -0.1) is 11.3 Å². The van der Waals surface area contributed by atoms with Crippen LogP contribution < -0.4 is 0 Å². The second-order valence-electron chi connectivity index (χ2n) is 3.12. The number of aromatic amines is 1. The predicted octanol–water partition coefficient (Wildman–Crippen LogP) is 1.85. The molecule has 6 heteroatoms. The van der Waals surface area contributed by atoms with E-state index in [-0.39, 0.29) is 5.69 Å². The minimum Gasteiger partial charge on any atom is -0.477 e. The van der Waals surface area contributed by atoms with Crippen molar-refractivity contribution >= 4 is 17.3 Å². The number of hydrogen-bond donors (Lipinski definition) is 2. The molecule has 2 N–H and O–H groups in total. The van der Waals surface area contributed by atoms with E-state index >= 15 is 0 Å². The van der Waals surface area contributed by atoms with E-state index in [0.717, 1.165) is 10.6 Å². The Morgan fingerprint density at radius 1 is 1.53 bits per heavy atom. The maximum Gasteiger partial charge on any atom is 0.354 e. The third kappa shape index (κ3) is 1.63. The first kappa shape index (κ1) is 9.85. The van der Waals surface area contributed by atoms with Crippen LogP contribution in [0.15, 0.2) is 6.20 Å². The first-order valence-corrected chi connectivity index (χ1v) is 5.12. The molecule has 0 bridgehead atoms. The van der Waals surface area contributed by atoms with Crippen LogP contribution in [0.25, 0.3) is 10.6 Å². The maximum absolute atomic E-state index is 10.9. The molecule has 0 amide bonds. The molecule has 0 saturated heterocycles. The van der Waals surface area contributed by atoms with Crippen LogP contribution in [-0.2, 0) is 0 Å². The van der Waals surface area contributed by atoms with Crippen molar-refractivity contribution in [2.45, 2.75) is 13.8 Å². The fraction of sp³-hybridized carbons (Fsp3) is 0.222. The lowest BCUT2D eigenvalue weighted by atomic mass is 10.2. The Kier molecular flexibility index (Phi) is 2.28. The molecule has 0 spiro atoms. The number of carboxylic acids is 1. The molecule has 0 aromatic carbocycles. The Bertz CT molecular complexity index is 496. The summed E-state index contributed by atoms with van der Waals surface area (Å²) in [5, 5.41) is 15.8. The van der Waals surface area contributed by atoms with Gasteiger partial charge in [-0.2, -0.15) is 5.10 Å². The Labute approximate surface area is 89.8 Å². The van der Waals surface area contributed by atoms with Gasteiger partial charge in [0.05, 0.1) is 17.5 Å². The van der Waals surface area contributed by atoms with E-state index in [1.807, 2.05) is 13.8 Å². The minimum atomic E-state index is -1.02. The van der Waals surface area contributed by atoms with E-state index in [1.165, 1.54) is 17.5 Å². The second kappa shape index (κ2) is 3.47. The zero-order chi connectivity index (χ0) is 11.0. The lowest BCUT2D eigenvalue weighted by Gasteiger charge is -1.92. The minimum absolute atomic E-state index is 0.0868. The van der Waals surface area contributed by atoms with Gasteiger partial charge in [-0.3, -0.25) is 5.10 Å². The van der Waals surface area contributed by atoms with E-state index in [0.29, 0.717) is 10.6 Å². The summed E-state index contributed by atoms with van der Waals surface area (Å²) < 4.78 is 0. The van der Waals surface area contributed by atoms with E-state index in [1.54, 1.807) is 0 Å². The first-order valence-electron chi connectivity index (χ1n) is 4.30. The van der Waals surface area contributed by atoms with Gasteiger partial charge in [-0.05, 0) is 13.8 Å². The molecule has 0 unspecified atom stereocenters. The number of aryl methyl sites for hydroxylation is 2. The lowest BCUT2D eigenvalue weighted by molar-refractivity contribution is 0.0691. The van der Waals surface area contributed by atoms with E-state index in [2.05, 4.69) is 15.2 Å². The van der Waals surface area contributed by atoms with Crippen molar-refractivity contribution in [1.29, 1.82) is 0 Å². The van der Waals surface area contributed by atoms with Crippen LogP contribution in [0.2, 0.25) is 0 Å². The molecule has 2 aromatic rings. The van der Waals surface area contributed by atoms with Gasteiger partial charge in [0.1, 0.15) is 5.01 Å². The van der Waals surface area contributed by atoms with Crippen molar-refractivity contribution in [1.82, 2.24) is 15.2 Å². The maximum atomic E-state index is 10.9. The summed E-state index contributed by atoms with van der Waals surface area (Å²) in [4.78, 5) is 16.2. The highest BCUT2D eigenvalue weighted by molar-refractivity contribution is 7.15. The molecule has 0 aliphatic rings. The fourth-order valence-electron chi connectivity index (χ4n) is 1.20. The Hall–Kier alpha value is -1.69. The number of carbonyl (C=O) groups is 1. The van der Waals surface area contributed by atoms with Crippen molar-refractivity contribution in [3.05, 3.63) is 22.5 Å². The van der Waals surface area contributed by atoms with Crippen molar-refractivity contribution in [3.8, 4) is 10.6 Å². The number of rotatable bonds is 2. The van der Waals surface area contributed by atoms with Crippen LogP contribution in [0, 0.1) is 13.8 Å².